The van der Waals surface area contributed by atoms with Crippen molar-refractivity contribution in [3.05, 3.63) is 52.3 Å². The maximum atomic E-state index is 12.5. The maximum Gasteiger partial charge on any atom is 0.253 e. The zero-order valence-corrected chi connectivity index (χ0v) is 18.6. The van der Waals surface area contributed by atoms with Gasteiger partial charge in [-0.1, -0.05) is 54.9 Å². The number of carbonyl (C=O) groups excluding carboxylic acids is 1. The Kier molecular flexibility index (Phi) is 6.90. The summed E-state index contributed by atoms with van der Waals surface area (Å²) in [4.78, 5) is 21.6. The summed E-state index contributed by atoms with van der Waals surface area (Å²) < 4.78 is 1.80. The highest BCUT2D eigenvalue weighted by Gasteiger charge is 2.19. The first-order valence-electron chi connectivity index (χ1n) is 10.1. The molecule has 2 aromatic heterocycles. The molecule has 7 heteroatoms. The van der Waals surface area contributed by atoms with E-state index in [1.165, 1.54) is 22.9 Å². The van der Waals surface area contributed by atoms with Crippen molar-refractivity contribution in [2.45, 2.75) is 70.8 Å². The summed E-state index contributed by atoms with van der Waals surface area (Å²) in [5.41, 5.74) is 5.62. The lowest BCUT2D eigenvalue weighted by Crippen LogP contribution is -2.30. The van der Waals surface area contributed by atoms with Crippen molar-refractivity contribution >= 4 is 23.4 Å². The predicted octanol–water partition coefficient (Wildman–Crippen LogP) is 4.19. The Morgan fingerprint density at radius 3 is 2.59 bits per heavy atom. The fraction of sp³-hybridized carbons (Fsp3) is 0.455. The van der Waals surface area contributed by atoms with Crippen molar-refractivity contribution in [2.75, 3.05) is 0 Å². The van der Waals surface area contributed by atoms with Crippen LogP contribution >= 0.6 is 11.8 Å². The van der Waals surface area contributed by atoms with Crippen LogP contribution in [0.15, 0.2) is 29.4 Å². The number of unbranched alkanes of at least 4 members (excludes halogenated alkanes) is 1. The van der Waals surface area contributed by atoms with Crippen LogP contribution in [0.4, 0.5) is 0 Å². The third-order valence-electron chi connectivity index (χ3n) is 5.05. The Hall–Kier alpha value is -2.41. The minimum atomic E-state index is -0.293. The smallest absolute Gasteiger partial charge is 0.253 e. The van der Waals surface area contributed by atoms with Crippen molar-refractivity contribution < 1.29 is 4.79 Å². The Balaban J connectivity index is 1.67. The first kappa shape index (κ1) is 21.3. The molecular formula is C22H29N5OS. The number of carbonyl (C=O) groups is 1. The van der Waals surface area contributed by atoms with Crippen LogP contribution in [0.25, 0.3) is 5.78 Å². The third kappa shape index (κ3) is 5.15. The van der Waals surface area contributed by atoms with Crippen LogP contribution < -0.4 is 5.32 Å². The van der Waals surface area contributed by atoms with E-state index in [1.54, 1.807) is 4.52 Å². The molecule has 0 saturated carbocycles. The van der Waals surface area contributed by atoms with Crippen LogP contribution in [-0.2, 0) is 17.8 Å². The molecule has 1 atom stereocenters. The van der Waals surface area contributed by atoms with Crippen LogP contribution in [-0.4, -0.2) is 30.7 Å². The Bertz CT molecular complexity index is 997. The molecule has 0 aliphatic heterocycles. The Morgan fingerprint density at radius 2 is 1.90 bits per heavy atom. The molecule has 1 unspecified atom stereocenters. The lowest BCUT2D eigenvalue weighted by Gasteiger charge is -2.10. The molecule has 0 radical (unpaired) electrons. The van der Waals surface area contributed by atoms with E-state index in [2.05, 4.69) is 34.2 Å². The van der Waals surface area contributed by atoms with Crippen LogP contribution in [0.2, 0.25) is 0 Å². The molecule has 1 amide bonds. The van der Waals surface area contributed by atoms with Gasteiger partial charge in [0.15, 0.2) is 0 Å². The summed E-state index contributed by atoms with van der Waals surface area (Å²) >= 11 is 1.36. The van der Waals surface area contributed by atoms with E-state index in [-0.39, 0.29) is 11.2 Å². The highest BCUT2D eigenvalue weighted by Crippen LogP contribution is 2.23. The van der Waals surface area contributed by atoms with Crippen LogP contribution in [0.5, 0.6) is 0 Å². The summed E-state index contributed by atoms with van der Waals surface area (Å²) in [5, 5.41) is 7.87. The molecule has 29 heavy (non-hydrogen) atoms. The number of amides is 1. The first-order chi connectivity index (χ1) is 13.9. The number of benzene rings is 1. The molecule has 1 N–H and O–H groups in total. The van der Waals surface area contributed by atoms with Gasteiger partial charge in [0.05, 0.1) is 5.25 Å². The predicted molar refractivity (Wildman–Crippen MR) is 117 cm³/mol. The van der Waals surface area contributed by atoms with E-state index >= 15 is 0 Å². The fourth-order valence-corrected chi connectivity index (χ4v) is 3.98. The zero-order chi connectivity index (χ0) is 21.0. The van der Waals surface area contributed by atoms with Gasteiger partial charge in [0.1, 0.15) is 0 Å². The summed E-state index contributed by atoms with van der Waals surface area (Å²) in [6, 6.07) is 8.16. The summed E-state index contributed by atoms with van der Waals surface area (Å²) in [6.45, 7) is 10.7. The summed E-state index contributed by atoms with van der Waals surface area (Å²) in [5.74, 6) is 0.564. The number of rotatable bonds is 8. The summed E-state index contributed by atoms with van der Waals surface area (Å²) in [7, 11) is 0. The molecule has 0 bridgehead atoms. The molecular weight excluding hydrogens is 382 g/mol. The first-order valence-corrected chi connectivity index (χ1v) is 11.0. The normalized spacial score (nSPS) is 12.3. The molecule has 0 aliphatic carbocycles. The lowest BCUT2D eigenvalue weighted by molar-refractivity contribution is -0.120. The van der Waals surface area contributed by atoms with Crippen LogP contribution in [0, 0.1) is 20.8 Å². The fourth-order valence-electron chi connectivity index (χ4n) is 3.21. The van der Waals surface area contributed by atoms with Crippen LogP contribution in [0.1, 0.15) is 54.8 Å². The van der Waals surface area contributed by atoms with Gasteiger partial charge in [0.2, 0.25) is 11.1 Å². The number of aromatic nitrogens is 4. The van der Waals surface area contributed by atoms with E-state index in [4.69, 9.17) is 0 Å². The lowest BCUT2D eigenvalue weighted by atomic mass is 10.1. The van der Waals surface area contributed by atoms with Crippen molar-refractivity contribution in [3.63, 3.8) is 0 Å². The van der Waals surface area contributed by atoms with E-state index in [1.807, 2.05) is 45.0 Å². The molecule has 0 fully saturated rings. The Labute approximate surface area is 176 Å². The van der Waals surface area contributed by atoms with Gasteiger partial charge in [0.25, 0.3) is 5.78 Å². The number of hydrogen-bond acceptors (Lipinski definition) is 5. The summed E-state index contributed by atoms with van der Waals surface area (Å²) in [6.07, 6.45) is 3.27. The number of fused-ring (bicyclic) bond motifs is 1. The third-order valence-corrected chi connectivity index (χ3v) is 6.00. The molecule has 0 spiro atoms. The average molecular weight is 412 g/mol. The quantitative estimate of drug-likeness (QED) is 0.563. The molecule has 1 aromatic carbocycles. The maximum absolute atomic E-state index is 12.5. The van der Waals surface area contributed by atoms with Crippen molar-refractivity contribution in [3.8, 4) is 0 Å². The van der Waals surface area contributed by atoms with E-state index in [9.17, 15) is 4.79 Å². The van der Waals surface area contributed by atoms with Gasteiger partial charge in [-0.2, -0.15) is 4.98 Å². The number of aryl methyl sites for hydroxylation is 3. The zero-order valence-electron chi connectivity index (χ0n) is 17.8. The molecule has 3 rings (SSSR count). The molecule has 6 nitrogen and oxygen atoms in total. The highest BCUT2D eigenvalue weighted by molar-refractivity contribution is 8.00. The van der Waals surface area contributed by atoms with Gasteiger partial charge < -0.3 is 5.32 Å². The number of thioether (sulfide) groups is 1. The minimum absolute atomic E-state index is 0.0288. The molecule has 2 heterocycles. The molecule has 0 saturated heterocycles. The number of nitrogens with zero attached hydrogens (tertiary/aromatic N) is 4. The van der Waals surface area contributed by atoms with Gasteiger partial charge in [-0.05, 0) is 51.7 Å². The van der Waals surface area contributed by atoms with Gasteiger partial charge in [0, 0.05) is 17.9 Å². The number of hydrogen-bond donors (Lipinski definition) is 1. The Morgan fingerprint density at radius 1 is 1.17 bits per heavy atom. The standard InChI is InChI=1S/C22H29N5OS/c1-6-7-8-19-15(3)24-21-25-22(26-27(21)16(19)4)29-17(5)20(28)23-13-18-11-9-14(2)10-12-18/h9-12,17H,6-8,13H2,1-5H3,(H,23,28). The van der Waals surface area contributed by atoms with Gasteiger partial charge >= 0.3 is 0 Å². The van der Waals surface area contributed by atoms with E-state index in [0.717, 1.165) is 36.2 Å². The second-order valence-electron chi connectivity index (χ2n) is 7.43. The van der Waals surface area contributed by atoms with Gasteiger partial charge in [-0.25, -0.2) is 9.50 Å². The SMILES string of the molecule is CCCCc1c(C)nc2nc(SC(C)C(=O)NCc3ccc(C)cc3)nn2c1C. The van der Waals surface area contributed by atoms with E-state index < -0.39 is 0 Å². The van der Waals surface area contributed by atoms with Gasteiger partial charge in [-0.15, -0.1) is 5.10 Å². The second kappa shape index (κ2) is 9.39. The molecule has 0 aliphatic rings. The van der Waals surface area contributed by atoms with E-state index in [0.29, 0.717) is 17.5 Å². The van der Waals surface area contributed by atoms with Gasteiger partial charge in [-0.3, -0.25) is 4.79 Å². The molecule has 154 valence electrons. The molecule has 3 aromatic rings. The van der Waals surface area contributed by atoms with Crippen LogP contribution in [0.3, 0.4) is 0 Å². The average Bonchev–Trinajstić information content (AvgIpc) is 3.09. The highest BCUT2D eigenvalue weighted by atomic mass is 32.2. The monoisotopic (exact) mass is 411 g/mol. The second-order valence-corrected chi connectivity index (χ2v) is 8.74. The van der Waals surface area contributed by atoms with Crippen molar-refractivity contribution in [1.82, 2.24) is 24.9 Å². The van der Waals surface area contributed by atoms with Crippen molar-refractivity contribution in [2.24, 2.45) is 0 Å². The topological polar surface area (TPSA) is 72.2 Å². The number of nitrogens with one attached hydrogen (secondary N) is 1. The van der Waals surface area contributed by atoms with Crippen molar-refractivity contribution in [1.29, 1.82) is 0 Å². The minimum Gasteiger partial charge on any atom is -0.351 e. The largest absolute Gasteiger partial charge is 0.351 e.